The number of aromatic nitrogens is 2. The van der Waals surface area contributed by atoms with Crippen LogP contribution in [0.1, 0.15) is 44.2 Å². The van der Waals surface area contributed by atoms with E-state index in [-0.39, 0.29) is 0 Å². The Morgan fingerprint density at radius 3 is 2.47 bits per heavy atom. The van der Waals surface area contributed by atoms with E-state index in [0.29, 0.717) is 11.8 Å². The fourth-order valence-corrected chi connectivity index (χ4v) is 2.31. The fraction of sp³-hybridized carbons (Fsp3) is 0.833. The Morgan fingerprint density at radius 2 is 1.82 bits per heavy atom. The summed E-state index contributed by atoms with van der Waals surface area (Å²) in [6.07, 6.45) is 0. The van der Waals surface area contributed by atoms with Crippen molar-refractivity contribution in [3.8, 4) is 0 Å². The third-order valence-corrected chi connectivity index (χ3v) is 3.19. The molecule has 0 saturated carbocycles. The number of rotatable bonds is 8. The van der Waals surface area contributed by atoms with Gasteiger partial charge in [0, 0.05) is 19.6 Å². The van der Waals surface area contributed by atoms with Crippen LogP contribution in [0, 0.1) is 5.92 Å². The molecule has 0 saturated heterocycles. The molecule has 0 amide bonds. The van der Waals surface area contributed by atoms with Crippen LogP contribution in [0.15, 0.2) is 0 Å². The van der Waals surface area contributed by atoms with Crippen LogP contribution in [-0.4, -0.2) is 29.2 Å². The molecule has 1 rings (SSSR count). The zero-order valence-corrected chi connectivity index (χ0v) is 12.1. The molecule has 0 radical (unpaired) electrons. The molecule has 1 heterocycles. The van der Waals surface area contributed by atoms with Crippen LogP contribution in [0.5, 0.6) is 0 Å². The van der Waals surface area contributed by atoms with E-state index in [1.807, 2.05) is 0 Å². The second kappa shape index (κ2) is 7.74. The molecule has 0 bridgehead atoms. The smallest absolute Gasteiger partial charge is 0.0826 e. The molecule has 98 valence electrons. The lowest BCUT2D eigenvalue weighted by Gasteiger charge is -2.08. The largest absolute Gasteiger partial charge is 0.315 e. The highest BCUT2D eigenvalue weighted by atomic mass is 32.1. The van der Waals surface area contributed by atoms with Gasteiger partial charge >= 0.3 is 0 Å². The molecule has 4 nitrogen and oxygen atoms in total. The molecule has 0 unspecified atom stereocenters. The second-order valence-electron chi connectivity index (χ2n) is 5.01. The van der Waals surface area contributed by atoms with Gasteiger partial charge in [-0.1, -0.05) is 32.2 Å². The van der Waals surface area contributed by atoms with Gasteiger partial charge in [-0.05, 0) is 29.9 Å². The standard InChI is InChI=1S/C12H24N4S/c1-9(2)7-13-5-6-14-8-11-12(10(3)4)15-16-17-11/h9-10,13-14H,5-8H2,1-4H3. The van der Waals surface area contributed by atoms with Gasteiger partial charge in [-0.25, -0.2) is 0 Å². The maximum atomic E-state index is 4.17. The topological polar surface area (TPSA) is 49.8 Å². The predicted octanol–water partition coefficient (Wildman–Crippen LogP) is 2.00. The highest BCUT2D eigenvalue weighted by Crippen LogP contribution is 2.18. The van der Waals surface area contributed by atoms with Crippen LogP contribution < -0.4 is 10.6 Å². The predicted molar refractivity (Wildman–Crippen MR) is 73.4 cm³/mol. The van der Waals surface area contributed by atoms with Crippen molar-refractivity contribution in [1.29, 1.82) is 0 Å². The molecule has 1 aromatic heterocycles. The minimum absolute atomic E-state index is 0.463. The lowest BCUT2D eigenvalue weighted by atomic mass is 10.1. The van der Waals surface area contributed by atoms with E-state index in [0.717, 1.165) is 31.9 Å². The minimum atomic E-state index is 0.463. The van der Waals surface area contributed by atoms with Gasteiger partial charge in [-0.2, -0.15) is 0 Å². The molecule has 1 aromatic rings. The molecule has 5 heteroatoms. The number of nitrogens with zero attached hydrogens (tertiary/aromatic N) is 2. The van der Waals surface area contributed by atoms with Crippen LogP contribution in [0.2, 0.25) is 0 Å². The first-order valence-electron chi connectivity index (χ1n) is 6.33. The van der Waals surface area contributed by atoms with Gasteiger partial charge < -0.3 is 10.6 Å². The van der Waals surface area contributed by atoms with E-state index < -0.39 is 0 Å². The van der Waals surface area contributed by atoms with Gasteiger partial charge in [-0.3, -0.25) is 0 Å². The van der Waals surface area contributed by atoms with E-state index in [1.54, 1.807) is 0 Å². The van der Waals surface area contributed by atoms with Crippen molar-refractivity contribution in [2.24, 2.45) is 5.92 Å². The lowest BCUT2D eigenvalue weighted by Crippen LogP contribution is -2.29. The van der Waals surface area contributed by atoms with Crippen LogP contribution in [0.25, 0.3) is 0 Å². The van der Waals surface area contributed by atoms with Crippen LogP contribution in [0.3, 0.4) is 0 Å². The quantitative estimate of drug-likeness (QED) is 0.699. The zero-order chi connectivity index (χ0) is 12.7. The Bertz CT molecular complexity index is 309. The van der Waals surface area contributed by atoms with Gasteiger partial charge in [0.1, 0.15) is 0 Å². The van der Waals surface area contributed by atoms with Gasteiger partial charge in [0.25, 0.3) is 0 Å². The third-order valence-electron chi connectivity index (χ3n) is 2.45. The van der Waals surface area contributed by atoms with Crippen molar-refractivity contribution in [2.45, 2.75) is 40.2 Å². The van der Waals surface area contributed by atoms with Crippen LogP contribution in [-0.2, 0) is 6.54 Å². The van der Waals surface area contributed by atoms with E-state index >= 15 is 0 Å². The Morgan fingerprint density at radius 1 is 1.12 bits per heavy atom. The second-order valence-corrected chi connectivity index (χ2v) is 5.85. The summed E-state index contributed by atoms with van der Waals surface area (Å²) in [4.78, 5) is 1.27. The molecule has 0 aromatic carbocycles. The van der Waals surface area contributed by atoms with Crippen molar-refractivity contribution < 1.29 is 0 Å². The number of hydrogen-bond acceptors (Lipinski definition) is 5. The normalized spacial score (nSPS) is 11.6. The van der Waals surface area contributed by atoms with Gasteiger partial charge in [0.05, 0.1) is 10.6 Å². The average molecular weight is 256 g/mol. The molecule has 17 heavy (non-hydrogen) atoms. The lowest BCUT2D eigenvalue weighted by molar-refractivity contribution is 0.535. The maximum absolute atomic E-state index is 4.17. The SMILES string of the molecule is CC(C)CNCCNCc1snnc1C(C)C. The van der Waals surface area contributed by atoms with Gasteiger partial charge in [-0.15, -0.1) is 5.10 Å². The van der Waals surface area contributed by atoms with Crippen molar-refractivity contribution in [1.82, 2.24) is 20.2 Å². The van der Waals surface area contributed by atoms with Crippen molar-refractivity contribution in [3.05, 3.63) is 10.6 Å². The third kappa shape index (κ3) is 5.57. The van der Waals surface area contributed by atoms with Crippen molar-refractivity contribution >= 4 is 11.5 Å². The highest BCUT2D eigenvalue weighted by Gasteiger charge is 2.10. The van der Waals surface area contributed by atoms with E-state index in [9.17, 15) is 0 Å². The first-order chi connectivity index (χ1) is 8.11. The molecular formula is C12H24N4S. The minimum Gasteiger partial charge on any atom is -0.315 e. The molecule has 2 N–H and O–H groups in total. The summed E-state index contributed by atoms with van der Waals surface area (Å²) in [6, 6.07) is 0. The number of hydrogen-bond donors (Lipinski definition) is 2. The fourth-order valence-electron chi connectivity index (χ4n) is 1.55. The van der Waals surface area contributed by atoms with Crippen LogP contribution >= 0.6 is 11.5 Å². The van der Waals surface area contributed by atoms with E-state index in [2.05, 4.69) is 47.9 Å². The Kier molecular flexibility index (Phi) is 6.62. The Labute approximate surface area is 108 Å². The zero-order valence-electron chi connectivity index (χ0n) is 11.3. The summed E-state index contributed by atoms with van der Waals surface area (Å²) in [5.41, 5.74) is 1.14. The molecule has 0 spiro atoms. The van der Waals surface area contributed by atoms with Gasteiger partial charge in [0.15, 0.2) is 0 Å². The van der Waals surface area contributed by atoms with Crippen LogP contribution in [0.4, 0.5) is 0 Å². The van der Waals surface area contributed by atoms with E-state index in [1.165, 1.54) is 16.4 Å². The summed E-state index contributed by atoms with van der Waals surface area (Å²) in [5.74, 6) is 1.18. The monoisotopic (exact) mass is 256 g/mol. The first-order valence-corrected chi connectivity index (χ1v) is 7.11. The Hall–Kier alpha value is -0.520. The Balaban J connectivity index is 2.16. The maximum Gasteiger partial charge on any atom is 0.0826 e. The molecule has 0 aliphatic heterocycles. The summed E-state index contributed by atoms with van der Waals surface area (Å²) in [7, 11) is 0. The molecule has 0 aliphatic rings. The van der Waals surface area contributed by atoms with Crippen molar-refractivity contribution in [3.63, 3.8) is 0 Å². The van der Waals surface area contributed by atoms with E-state index in [4.69, 9.17) is 0 Å². The molecule has 0 fully saturated rings. The van der Waals surface area contributed by atoms with Gasteiger partial charge in [0.2, 0.25) is 0 Å². The highest BCUT2D eigenvalue weighted by molar-refractivity contribution is 7.05. The first kappa shape index (κ1) is 14.5. The number of nitrogens with one attached hydrogen (secondary N) is 2. The molecule has 0 aliphatic carbocycles. The molecule has 0 atom stereocenters. The average Bonchev–Trinajstić information content (AvgIpc) is 2.71. The summed E-state index contributed by atoms with van der Waals surface area (Å²) >= 11 is 1.50. The summed E-state index contributed by atoms with van der Waals surface area (Å²) in [6.45, 7) is 12.7. The molecular weight excluding hydrogens is 232 g/mol. The summed E-state index contributed by atoms with van der Waals surface area (Å²) < 4.78 is 4.02. The summed E-state index contributed by atoms with van der Waals surface area (Å²) in [5, 5.41) is 11.0. The van der Waals surface area contributed by atoms with Crippen molar-refractivity contribution in [2.75, 3.05) is 19.6 Å².